The average Bonchev–Trinajstić information content (AvgIpc) is 3.34. The minimum Gasteiger partial charge on any atom is -0.326 e. The van der Waals surface area contributed by atoms with E-state index >= 15 is 0 Å². The van der Waals surface area contributed by atoms with Gasteiger partial charge < -0.3 is 5.32 Å². The van der Waals surface area contributed by atoms with Crippen molar-refractivity contribution in [2.45, 2.75) is 25.7 Å². The van der Waals surface area contributed by atoms with Crippen LogP contribution in [0.3, 0.4) is 0 Å². The molecule has 118 valence electrons. The van der Waals surface area contributed by atoms with E-state index in [4.69, 9.17) is 11.6 Å². The molecule has 3 nitrogen and oxygen atoms in total. The quantitative estimate of drug-likeness (QED) is 0.811. The van der Waals surface area contributed by atoms with E-state index in [-0.39, 0.29) is 17.6 Å². The molecular formula is C19H18ClNO2. The van der Waals surface area contributed by atoms with E-state index in [2.05, 4.69) is 5.32 Å². The molecule has 0 saturated heterocycles. The van der Waals surface area contributed by atoms with Gasteiger partial charge in [0.15, 0.2) is 5.78 Å². The third kappa shape index (κ3) is 3.80. The number of carbonyl (C=O) groups is 2. The number of amides is 1. The number of hydrogen-bond donors (Lipinski definition) is 1. The maximum absolute atomic E-state index is 12.7. The lowest BCUT2D eigenvalue weighted by molar-refractivity contribution is -0.118. The highest BCUT2D eigenvalue weighted by Crippen LogP contribution is 2.43. The molecule has 2 aromatic carbocycles. The van der Waals surface area contributed by atoms with Crippen molar-refractivity contribution in [2.24, 2.45) is 5.92 Å². The molecule has 1 N–H and O–H groups in total. The van der Waals surface area contributed by atoms with Crippen molar-refractivity contribution in [2.75, 3.05) is 5.32 Å². The summed E-state index contributed by atoms with van der Waals surface area (Å²) in [6.07, 6.45) is 2.13. The lowest BCUT2D eigenvalue weighted by atomic mass is 9.93. The average molecular weight is 328 g/mol. The van der Waals surface area contributed by atoms with E-state index in [1.165, 1.54) is 6.92 Å². The summed E-state index contributed by atoms with van der Waals surface area (Å²) < 4.78 is 0. The first-order valence-electron chi connectivity index (χ1n) is 7.72. The second-order valence-electron chi connectivity index (χ2n) is 5.99. The van der Waals surface area contributed by atoms with Crippen LogP contribution in [0, 0.1) is 5.92 Å². The number of ketones is 1. The summed E-state index contributed by atoms with van der Waals surface area (Å²) in [5, 5.41) is 3.61. The smallest absolute Gasteiger partial charge is 0.232 e. The summed E-state index contributed by atoms with van der Waals surface area (Å²) in [5.41, 5.74) is 2.23. The molecule has 1 amide bonds. The molecule has 1 unspecified atom stereocenters. The Morgan fingerprint density at radius 1 is 1.13 bits per heavy atom. The minimum absolute atomic E-state index is 0.0162. The second kappa shape index (κ2) is 6.55. The first kappa shape index (κ1) is 15.8. The first-order valence-corrected chi connectivity index (χ1v) is 8.10. The minimum atomic E-state index is -0.173. The van der Waals surface area contributed by atoms with Crippen LogP contribution >= 0.6 is 11.6 Å². The SMILES string of the molecule is CC(=O)c1cccc(NC(=O)C(c2ccc(Cl)cc2)C2CC2)c1. The van der Waals surface area contributed by atoms with Crippen LogP contribution < -0.4 is 5.32 Å². The Labute approximate surface area is 140 Å². The monoisotopic (exact) mass is 327 g/mol. The number of carbonyl (C=O) groups excluding carboxylic acids is 2. The van der Waals surface area contributed by atoms with Crippen LogP contribution in [0.15, 0.2) is 48.5 Å². The Kier molecular flexibility index (Phi) is 4.49. The van der Waals surface area contributed by atoms with Gasteiger partial charge in [-0.05, 0) is 55.5 Å². The van der Waals surface area contributed by atoms with E-state index < -0.39 is 0 Å². The largest absolute Gasteiger partial charge is 0.326 e. The molecule has 0 aromatic heterocycles. The van der Waals surface area contributed by atoms with E-state index in [0.717, 1.165) is 18.4 Å². The van der Waals surface area contributed by atoms with Crippen LogP contribution in [0.2, 0.25) is 5.02 Å². The molecule has 0 aliphatic heterocycles. The summed E-state index contributed by atoms with van der Waals surface area (Å²) in [6, 6.07) is 14.5. The van der Waals surface area contributed by atoms with Gasteiger partial charge in [-0.1, -0.05) is 35.9 Å². The van der Waals surface area contributed by atoms with Crippen molar-refractivity contribution in [3.63, 3.8) is 0 Å². The topological polar surface area (TPSA) is 46.2 Å². The zero-order valence-electron chi connectivity index (χ0n) is 12.9. The molecule has 1 fully saturated rings. The van der Waals surface area contributed by atoms with E-state index in [1.54, 1.807) is 24.3 Å². The van der Waals surface area contributed by atoms with E-state index in [9.17, 15) is 9.59 Å². The highest BCUT2D eigenvalue weighted by atomic mass is 35.5. The molecule has 0 spiro atoms. The van der Waals surface area contributed by atoms with Crippen LogP contribution in [0.4, 0.5) is 5.69 Å². The normalized spacial score (nSPS) is 15.0. The van der Waals surface area contributed by atoms with Crippen LogP contribution in [0.5, 0.6) is 0 Å². The zero-order chi connectivity index (χ0) is 16.4. The third-order valence-corrected chi connectivity index (χ3v) is 4.39. The van der Waals surface area contributed by atoms with Gasteiger partial charge in [0.1, 0.15) is 0 Å². The number of halogens is 1. The molecule has 2 aromatic rings. The lowest BCUT2D eigenvalue weighted by Gasteiger charge is -2.17. The molecule has 1 saturated carbocycles. The Bertz CT molecular complexity index is 735. The van der Waals surface area contributed by atoms with Crippen LogP contribution in [-0.2, 0) is 4.79 Å². The maximum atomic E-state index is 12.7. The highest BCUT2D eigenvalue weighted by Gasteiger charge is 2.37. The van der Waals surface area contributed by atoms with Gasteiger partial charge in [0, 0.05) is 16.3 Å². The zero-order valence-corrected chi connectivity index (χ0v) is 13.6. The van der Waals surface area contributed by atoms with E-state index in [1.807, 2.05) is 24.3 Å². The van der Waals surface area contributed by atoms with Gasteiger partial charge in [0.05, 0.1) is 5.92 Å². The predicted octanol–water partition coefficient (Wildman–Crippen LogP) is 4.67. The maximum Gasteiger partial charge on any atom is 0.232 e. The third-order valence-electron chi connectivity index (χ3n) is 4.14. The molecule has 3 rings (SSSR count). The standard InChI is InChI=1S/C19H18ClNO2/c1-12(22)15-3-2-4-17(11-15)21-19(23)18(13-5-6-13)14-7-9-16(20)10-8-14/h2-4,7-11,13,18H,5-6H2,1H3,(H,21,23). The predicted molar refractivity (Wildman–Crippen MR) is 92.0 cm³/mol. The Morgan fingerprint density at radius 3 is 2.43 bits per heavy atom. The molecular weight excluding hydrogens is 310 g/mol. The fourth-order valence-corrected chi connectivity index (χ4v) is 2.90. The van der Waals surface area contributed by atoms with Gasteiger partial charge in [-0.2, -0.15) is 0 Å². The number of rotatable bonds is 5. The Hall–Kier alpha value is -2.13. The van der Waals surface area contributed by atoms with E-state index in [0.29, 0.717) is 22.2 Å². The van der Waals surface area contributed by atoms with Gasteiger partial charge in [-0.15, -0.1) is 0 Å². The fourth-order valence-electron chi connectivity index (χ4n) is 2.77. The Balaban J connectivity index is 1.81. The van der Waals surface area contributed by atoms with Crippen molar-refractivity contribution in [1.82, 2.24) is 0 Å². The summed E-state index contributed by atoms with van der Waals surface area (Å²) in [6.45, 7) is 1.52. The van der Waals surface area contributed by atoms with Crippen molar-refractivity contribution in [3.8, 4) is 0 Å². The van der Waals surface area contributed by atoms with Crippen LogP contribution in [0.1, 0.15) is 41.6 Å². The van der Waals surface area contributed by atoms with Crippen molar-refractivity contribution < 1.29 is 9.59 Å². The van der Waals surface area contributed by atoms with Gasteiger partial charge in [0.2, 0.25) is 5.91 Å². The number of Topliss-reactive ketones (excluding diaryl/α,β-unsaturated/α-hetero) is 1. The number of anilines is 1. The molecule has 1 aliphatic rings. The fraction of sp³-hybridized carbons (Fsp3) is 0.263. The molecule has 0 heterocycles. The van der Waals surface area contributed by atoms with Crippen molar-refractivity contribution in [3.05, 3.63) is 64.7 Å². The summed E-state index contributed by atoms with van der Waals surface area (Å²) in [5.74, 6) is 0.161. The molecule has 0 bridgehead atoms. The van der Waals surface area contributed by atoms with Gasteiger partial charge >= 0.3 is 0 Å². The van der Waals surface area contributed by atoms with Crippen LogP contribution in [-0.4, -0.2) is 11.7 Å². The van der Waals surface area contributed by atoms with Crippen molar-refractivity contribution in [1.29, 1.82) is 0 Å². The van der Waals surface area contributed by atoms with Gasteiger partial charge in [-0.25, -0.2) is 0 Å². The number of nitrogens with one attached hydrogen (secondary N) is 1. The molecule has 1 aliphatic carbocycles. The van der Waals surface area contributed by atoms with Crippen LogP contribution in [0.25, 0.3) is 0 Å². The van der Waals surface area contributed by atoms with Crippen molar-refractivity contribution >= 4 is 29.0 Å². The molecule has 4 heteroatoms. The first-order chi connectivity index (χ1) is 11.0. The summed E-state index contributed by atoms with van der Waals surface area (Å²) >= 11 is 5.94. The van der Waals surface area contributed by atoms with Gasteiger partial charge in [-0.3, -0.25) is 9.59 Å². The highest BCUT2D eigenvalue weighted by molar-refractivity contribution is 6.30. The molecule has 1 atom stereocenters. The molecule has 23 heavy (non-hydrogen) atoms. The molecule has 0 radical (unpaired) electrons. The second-order valence-corrected chi connectivity index (χ2v) is 6.43. The Morgan fingerprint density at radius 2 is 1.83 bits per heavy atom. The summed E-state index contributed by atoms with van der Waals surface area (Å²) in [7, 11) is 0. The van der Waals surface area contributed by atoms with Gasteiger partial charge in [0.25, 0.3) is 0 Å². The lowest BCUT2D eigenvalue weighted by Crippen LogP contribution is -2.22. The number of benzene rings is 2. The summed E-state index contributed by atoms with van der Waals surface area (Å²) in [4.78, 5) is 24.2. The number of hydrogen-bond acceptors (Lipinski definition) is 2.